The number of rotatable bonds is 1. The molecule has 1 aliphatic rings. The van der Waals surface area contributed by atoms with Gasteiger partial charge in [-0.05, 0) is 12.1 Å². The fourth-order valence-corrected chi connectivity index (χ4v) is 2.29. The minimum Gasteiger partial charge on any atom is -0.415 e. The summed E-state index contributed by atoms with van der Waals surface area (Å²) in [5.41, 5.74) is 0.326. The Kier molecular flexibility index (Phi) is 2.08. The Labute approximate surface area is 81.4 Å². The second-order valence-electron chi connectivity index (χ2n) is 2.89. The van der Waals surface area contributed by atoms with Crippen LogP contribution >= 0.6 is 7.60 Å². The molecule has 0 fully saturated rings. The zero-order valence-corrected chi connectivity index (χ0v) is 8.49. The van der Waals surface area contributed by atoms with Gasteiger partial charge in [0.25, 0.3) is 0 Å². The highest BCUT2D eigenvalue weighted by molar-refractivity contribution is 7.54. The van der Waals surface area contributed by atoms with Gasteiger partial charge in [0.2, 0.25) is 0 Å². The van der Waals surface area contributed by atoms with Crippen molar-refractivity contribution in [2.75, 3.05) is 6.16 Å². The summed E-state index contributed by atoms with van der Waals surface area (Å²) < 4.78 is 21.6. The Balaban J connectivity index is 2.48. The molecule has 1 unspecified atom stereocenters. The van der Waals surface area contributed by atoms with Crippen LogP contribution in [0.15, 0.2) is 24.3 Å². The molecule has 0 saturated carbocycles. The minimum absolute atomic E-state index is 0.188. The zero-order valence-electron chi connectivity index (χ0n) is 7.60. The van der Waals surface area contributed by atoms with E-state index >= 15 is 0 Å². The summed E-state index contributed by atoms with van der Waals surface area (Å²) in [5.74, 6) is -0.231. The molecule has 0 amide bonds. The first-order valence-corrected chi connectivity index (χ1v) is 5.99. The van der Waals surface area contributed by atoms with E-state index in [1.807, 2.05) is 0 Å². The molecule has 4 nitrogen and oxygen atoms in total. The predicted octanol–water partition coefficient (Wildman–Crippen LogP) is 2.45. The van der Waals surface area contributed by atoms with Crippen LogP contribution in [0.2, 0.25) is 0 Å². The Hall–Kier alpha value is -1.28. The lowest BCUT2D eigenvalue weighted by Crippen LogP contribution is -2.15. The van der Waals surface area contributed by atoms with Crippen molar-refractivity contribution in [2.24, 2.45) is 0 Å². The van der Waals surface area contributed by atoms with Gasteiger partial charge in [-0.3, -0.25) is 0 Å². The van der Waals surface area contributed by atoms with E-state index in [2.05, 4.69) is 0 Å². The molecule has 1 aromatic rings. The molecule has 0 aliphatic carbocycles. The predicted molar refractivity (Wildman–Crippen MR) is 50.6 cm³/mol. The molecule has 14 heavy (non-hydrogen) atoms. The highest BCUT2D eigenvalue weighted by atomic mass is 31.2. The quantitative estimate of drug-likeness (QED) is 0.671. The summed E-state index contributed by atoms with van der Waals surface area (Å²) in [4.78, 5) is 11.4. The third-order valence-corrected chi connectivity index (χ3v) is 3.65. The first kappa shape index (κ1) is 9.28. The number of carbonyl (C=O) groups excluding carboxylic acids is 1. The van der Waals surface area contributed by atoms with Crippen LogP contribution in [-0.2, 0) is 9.09 Å². The molecule has 0 bridgehead atoms. The molecule has 0 spiro atoms. The second-order valence-corrected chi connectivity index (χ2v) is 5.11. The standard InChI is InChI=1S/C9H9O4P/c1-2-14(11)12-8-6-4-3-5-7(8)9(10)13-14/h3-6H,2H2,1H3. The lowest BCUT2D eigenvalue weighted by molar-refractivity contribution is 0.0697. The topological polar surface area (TPSA) is 52.6 Å². The van der Waals surface area contributed by atoms with E-state index in [9.17, 15) is 9.36 Å². The molecule has 2 rings (SSSR count). The maximum Gasteiger partial charge on any atom is 0.432 e. The lowest BCUT2D eigenvalue weighted by Gasteiger charge is -2.23. The van der Waals surface area contributed by atoms with E-state index in [-0.39, 0.29) is 6.16 Å². The van der Waals surface area contributed by atoms with Gasteiger partial charge in [-0.25, -0.2) is 9.36 Å². The maximum absolute atomic E-state index is 11.7. The van der Waals surface area contributed by atoms with Gasteiger partial charge in [-0.2, -0.15) is 0 Å². The highest BCUT2D eigenvalue weighted by Gasteiger charge is 2.35. The van der Waals surface area contributed by atoms with Gasteiger partial charge < -0.3 is 9.05 Å². The molecule has 5 heteroatoms. The average molecular weight is 212 g/mol. The smallest absolute Gasteiger partial charge is 0.415 e. The molecule has 0 saturated heterocycles. The van der Waals surface area contributed by atoms with Crippen molar-refractivity contribution in [1.29, 1.82) is 0 Å². The molecule has 0 aromatic heterocycles. The lowest BCUT2D eigenvalue weighted by atomic mass is 10.2. The van der Waals surface area contributed by atoms with Gasteiger partial charge in [0, 0.05) is 0 Å². The van der Waals surface area contributed by atoms with Gasteiger partial charge >= 0.3 is 13.6 Å². The average Bonchev–Trinajstić information content (AvgIpc) is 2.18. The van der Waals surface area contributed by atoms with E-state index < -0.39 is 13.6 Å². The zero-order chi connectivity index (χ0) is 10.2. The number of hydrogen-bond donors (Lipinski definition) is 0. The monoisotopic (exact) mass is 212 g/mol. The molecule has 1 aromatic carbocycles. The van der Waals surface area contributed by atoms with Crippen molar-refractivity contribution in [3.8, 4) is 5.75 Å². The van der Waals surface area contributed by atoms with Crippen LogP contribution < -0.4 is 4.52 Å². The maximum atomic E-state index is 11.7. The van der Waals surface area contributed by atoms with Crippen LogP contribution in [0.4, 0.5) is 0 Å². The van der Waals surface area contributed by atoms with Gasteiger partial charge in [0.15, 0.2) is 0 Å². The highest BCUT2D eigenvalue weighted by Crippen LogP contribution is 2.52. The summed E-state index contributed by atoms with van der Waals surface area (Å²) in [6.45, 7) is 1.65. The number of hydrogen-bond acceptors (Lipinski definition) is 4. The van der Waals surface area contributed by atoms with Gasteiger partial charge in [-0.1, -0.05) is 19.1 Å². The minimum atomic E-state index is -3.23. The molecular weight excluding hydrogens is 203 g/mol. The van der Waals surface area contributed by atoms with E-state index in [0.29, 0.717) is 11.3 Å². The summed E-state index contributed by atoms with van der Waals surface area (Å²) in [6, 6.07) is 6.61. The normalized spacial score (nSPS) is 24.8. The van der Waals surface area contributed by atoms with E-state index in [1.54, 1.807) is 31.2 Å². The Morgan fingerprint density at radius 1 is 1.29 bits per heavy atom. The van der Waals surface area contributed by atoms with E-state index in [1.165, 1.54) is 0 Å². The van der Waals surface area contributed by atoms with Gasteiger partial charge in [0.05, 0.1) is 6.16 Å². The fraction of sp³-hybridized carbons (Fsp3) is 0.222. The van der Waals surface area contributed by atoms with Crippen molar-refractivity contribution in [1.82, 2.24) is 0 Å². The molecule has 1 aliphatic heterocycles. The second kappa shape index (κ2) is 3.14. The molecule has 0 radical (unpaired) electrons. The third-order valence-electron chi connectivity index (χ3n) is 1.95. The molecule has 0 N–H and O–H groups in total. The van der Waals surface area contributed by atoms with Crippen LogP contribution in [0.25, 0.3) is 0 Å². The van der Waals surface area contributed by atoms with Crippen LogP contribution in [0, 0.1) is 0 Å². The van der Waals surface area contributed by atoms with Crippen molar-refractivity contribution in [2.45, 2.75) is 6.92 Å². The van der Waals surface area contributed by atoms with Crippen LogP contribution in [-0.4, -0.2) is 12.1 Å². The van der Waals surface area contributed by atoms with Crippen LogP contribution in [0.5, 0.6) is 5.75 Å². The summed E-state index contributed by atoms with van der Waals surface area (Å²) in [5, 5.41) is 0. The summed E-state index contributed by atoms with van der Waals surface area (Å²) in [6.07, 6.45) is 0.188. The van der Waals surface area contributed by atoms with Gasteiger partial charge in [-0.15, -0.1) is 0 Å². The number of fused-ring (bicyclic) bond motifs is 1. The molecule has 1 heterocycles. The van der Waals surface area contributed by atoms with E-state index in [4.69, 9.17) is 9.05 Å². The number of benzene rings is 1. The van der Waals surface area contributed by atoms with Crippen molar-refractivity contribution < 1.29 is 18.4 Å². The van der Waals surface area contributed by atoms with Crippen molar-refractivity contribution in [3.63, 3.8) is 0 Å². The first-order valence-electron chi connectivity index (χ1n) is 4.26. The van der Waals surface area contributed by atoms with Crippen LogP contribution in [0.1, 0.15) is 17.3 Å². The summed E-state index contributed by atoms with van der Waals surface area (Å²) >= 11 is 0. The fourth-order valence-electron chi connectivity index (χ4n) is 1.19. The number of carbonyl (C=O) groups is 1. The van der Waals surface area contributed by atoms with Gasteiger partial charge in [0.1, 0.15) is 11.3 Å². The van der Waals surface area contributed by atoms with Crippen molar-refractivity contribution >= 4 is 13.6 Å². The summed E-state index contributed by atoms with van der Waals surface area (Å²) in [7, 11) is -3.23. The molecule has 1 atom stereocenters. The SMILES string of the molecule is CCP1(=O)OC(=O)c2ccccc2O1. The number of para-hydroxylation sites is 1. The van der Waals surface area contributed by atoms with Crippen LogP contribution in [0.3, 0.4) is 0 Å². The molecular formula is C9H9O4P. The Morgan fingerprint density at radius 3 is 2.71 bits per heavy atom. The third kappa shape index (κ3) is 1.42. The Bertz CT molecular complexity index is 427. The van der Waals surface area contributed by atoms with E-state index in [0.717, 1.165) is 0 Å². The molecule has 74 valence electrons. The largest absolute Gasteiger partial charge is 0.432 e. The van der Waals surface area contributed by atoms with Crippen molar-refractivity contribution in [3.05, 3.63) is 29.8 Å². The Morgan fingerprint density at radius 2 is 2.00 bits per heavy atom. The first-order chi connectivity index (χ1) is 6.64.